The summed E-state index contributed by atoms with van der Waals surface area (Å²) in [5, 5.41) is 0.586. The molecule has 0 fully saturated rings. The van der Waals surface area contributed by atoms with Crippen molar-refractivity contribution >= 4 is 22.5 Å². The number of ether oxygens (including phenoxy) is 2. The minimum absolute atomic E-state index is 0.175. The number of carbonyl (C=O) groups is 2. The zero-order valence-electron chi connectivity index (χ0n) is 15.8. The third-order valence-corrected chi connectivity index (χ3v) is 5.22. The molecule has 29 heavy (non-hydrogen) atoms. The largest absolute Gasteiger partial charge is 0.495 e. The van der Waals surface area contributed by atoms with E-state index in [1.54, 1.807) is 24.3 Å². The Labute approximate surface area is 166 Å². The lowest BCUT2D eigenvalue weighted by Gasteiger charge is -2.22. The SMILES string of the molecule is COc1c2c(c(OC)c3oc(-c4ccccc4)cc13)C(=O)c1ccccc1C2=O. The molecule has 0 saturated carbocycles. The summed E-state index contributed by atoms with van der Waals surface area (Å²) >= 11 is 0. The molecule has 1 heterocycles. The van der Waals surface area contributed by atoms with Crippen LogP contribution in [0.3, 0.4) is 0 Å². The van der Waals surface area contributed by atoms with Gasteiger partial charge in [-0.25, -0.2) is 0 Å². The normalized spacial score (nSPS) is 12.6. The van der Waals surface area contributed by atoms with Crippen molar-refractivity contribution in [2.45, 2.75) is 0 Å². The van der Waals surface area contributed by atoms with E-state index in [4.69, 9.17) is 13.9 Å². The summed E-state index contributed by atoms with van der Waals surface area (Å²) in [7, 11) is 2.94. The van der Waals surface area contributed by atoms with E-state index in [1.807, 2.05) is 36.4 Å². The molecule has 0 radical (unpaired) electrons. The lowest BCUT2D eigenvalue weighted by atomic mass is 9.82. The Kier molecular flexibility index (Phi) is 3.77. The Bertz CT molecular complexity index is 1220. The molecule has 0 aliphatic heterocycles. The van der Waals surface area contributed by atoms with Crippen molar-refractivity contribution in [2.75, 3.05) is 14.2 Å². The Balaban J connectivity index is 1.89. The van der Waals surface area contributed by atoms with E-state index < -0.39 is 0 Å². The predicted molar refractivity (Wildman–Crippen MR) is 108 cm³/mol. The third-order valence-electron chi connectivity index (χ3n) is 5.22. The fraction of sp³-hybridized carbons (Fsp3) is 0.0833. The van der Waals surface area contributed by atoms with Gasteiger partial charge in [0.05, 0.1) is 30.7 Å². The van der Waals surface area contributed by atoms with Crippen LogP contribution in [-0.4, -0.2) is 25.8 Å². The van der Waals surface area contributed by atoms with Crippen LogP contribution in [0.4, 0.5) is 0 Å². The maximum Gasteiger partial charge on any atom is 0.198 e. The minimum Gasteiger partial charge on any atom is -0.495 e. The van der Waals surface area contributed by atoms with Gasteiger partial charge in [-0.1, -0.05) is 54.6 Å². The molecule has 5 rings (SSSR count). The molecule has 1 aromatic heterocycles. The number of furan rings is 1. The van der Waals surface area contributed by atoms with Crippen LogP contribution >= 0.6 is 0 Å². The summed E-state index contributed by atoms with van der Waals surface area (Å²) in [6, 6.07) is 18.2. The van der Waals surface area contributed by atoms with Crippen LogP contribution in [0.15, 0.2) is 65.1 Å². The van der Waals surface area contributed by atoms with Crippen LogP contribution in [-0.2, 0) is 0 Å². The van der Waals surface area contributed by atoms with E-state index >= 15 is 0 Å². The maximum atomic E-state index is 13.3. The number of rotatable bonds is 3. The second kappa shape index (κ2) is 6.34. The van der Waals surface area contributed by atoms with Gasteiger partial charge in [-0.3, -0.25) is 9.59 Å². The van der Waals surface area contributed by atoms with Gasteiger partial charge in [0.25, 0.3) is 0 Å². The van der Waals surface area contributed by atoms with Gasteiger partial charge in [0.15, 0.2) is 22.9 Å². The van der Waals surface area contributed by atoms with Gasteiger partial charge < -0.3 is 13.9 Å². The molecule has 0 spiro atoms. The van der Waals surface area contributed by atoms with Crippen LogP contribution in [0.1, 0.15) is 31.8 Å². The molecular weight excluding hydrogens is 368 g/mol. The molecule has 1 aliphatic rings. The summed E-state index contributed by atoms with van der Waals surface area (Å²) in [4.78, 5) is 26.6. The molecule has 0 N–H and O–H groups in total. The number of hydrogen-bond donors (Lipinski definition) is 0. The molecule has 0 saturated heterocycles. The smallest absolute Gasteiger partial charge is 0.198 e. The highest BCUT2D eigenvalue weighted by Crippen LogP contribution is 2.47. The van der Waals surface area contributed by atoms with Crippen molar-refractivity contribution in [3.63, 3.8) is 0 Å². The summed E-state index contributed by atoms with van der Waals surface area (Å²) in [6.07, 6.45) is 0. The lowest BCUT2D eigenvalue weighted by molar-refractivity contribution is 0.0974. The quantitative estimate of drug-likeness (QED) is 0.443. The topological polar surface area (TPSA) is 65.7 Å². The molecule has 142 valence electrons. The van der Waals surface area contributed by atoms with Crippen molar-refractivity contribution in [2.24, 2.45) is 0 Å². The highest BCUT2D eigenvalue weighted by molar-refractivity contribution is 6.32. The lowest BCUT2D eigenvalue weighted by Crippen LogP contribution is -2.22. The molecule has 5 heteroatoms. The fourth-order valence-corrected chi connectivity index (χ4v) is 3.94. The number of carbonyl (C=O) groups excluding carboxylic acids is 2. The van der Waals surface area contributed by atoms with E-state index in [2.05, 4.69) is 0 Å². The summed E-state index contributed by atoms with van der Waals surface area (Å²) < 4.78 is 17.3. The first-order valence-corrected chi connectivity index (χ1v) is 9.11. The molecule has 3 aromatic carbocycles. The van der Waals surface area contributed by atoms with E-state index in [-0.39, 0.29) is 28.4 Å². The van der Waals surface area contributed by atoms with Gasteiger partial charge in [-0.05, 0) is 6.07 Å². The molecular formula is C24H16O5. The second-order valence-corrected chi connectivity index (χ2v) is 6.74. The minimum atomic E-state index is -0.287. The molecule has 5 nitrogen and oxygen atoms in total. The number of hydrogen-bond acceptors (Lipinski definition) is 5. The molecule has 0 unspecified atom stereocenters. The first kappa shape index (κ1) is 17.3. The van der Waals surface area contributed by atoms with Crippen LogP contribution in [0, 0.1) is 0 Å². The summed E-state index contributed by atoms with van der Waals surface area (Å²) in [6.45, 7) is 0. The predicted octanol–water partition coefficient (Wildman–Crippen LogP) is 4.89. The Morgan fingerprint density at radius 1 is 0.724 bits per heavy atom. The van der Waals surface area contributed by atoms with Gasteiger partial charge in [-0.2, -0.15) is 0 Å². The van der Waals surface area contributed by atoms with Crippen LogP contribution in [0.2, 0.25) is 0 Å². The Hall–Kier alpha value is -3.86. The first-order chi connectivity index (χ1) is 14.2. The van der Waals surface area contributed by atoms with Gasteiger partial charge in [0, 0.05) is 16.7 Å². The van der Waals surface area contributed by atoms with Gasteiger partial charge >= 0.3 is 0 Å². The fourth-order valence-electron chi connectivity index (χ4n) is 3.94. The van der Waals surface area contributed by atoms with Crippen molar-refractivity contribution in [3.8, 4) is 22.8 Å². The molecule has 0 atom stereocenters. The molecule has 0 bridgehead atoms. The maximum absolute atomic E-state index is 13.3. The number of methoxy groups -OCH3 is 2. The standard InChI is InChI=1S/C24H16O5/c1-27-22-16-12-17(13-8-4-3-5-9-13)29-23(16)24(28-2)19-18(22)20(25)14-10-6-7-11-15(14)21(19)26/h3-12H,1-2H3. The Morgan fingerprint density at radius 2 is 1.28 bits per heavy atom. The van der Waals surface area contributed by atoms with Crippen molar-refractivity contribution < 1.29 is 23.5 Å². The van der Waals surface area contributed by atoms with Crippen molar-refractivity contribution in [3.05, 3.63) is 82.9 Å². The Morgan fingerprint density at radius 3 is 1.86 bits per heavy atom. The van der Waals surface area contributed by atoms with Gasteiger partial charge in [0.1, 0.15) is 11.5 Å². The summed E-state index contributed by atoms with van der Waals surface area (Å²) in [5.41, 5.74) is 2.33. The van der Waals surface area contributed by atoms with Crippen molar-refractivity contribution in [1.82, 2.24) is 0 Å². The highest BCUT2D eigenvalue weighted by atomic mass is 16.5. The van der Waals surface area contributed by atoms with Crippen molar-refractivity contribution in [1.29, 1.82) is 0 Å². The molecule has 4 aromatic rings. The van der Waals surface area contributed by atoms with Gasteiger partial charge in [0.2, 0.25) is 0 Å². The third kappa shape index (κ3) is 2.34. The zero-order chi connectivity index (χ0) is 20.1. The summed E-state index contributed by atoms with van der Waals surface area (Å²) in [5.74, 6) is 0.594. The second-order valence-electron chi connectivity index (χ2n) is 6.74. The van der Waals surface area contributed by atoms with E-state index in [1.165, 1.54) is 14.2 Å². The number of fused-ring (bicyclic) bond motifs is 3. The van der Waals surface area contributed by atoms with Crippen LogP contribution in [0.25, 0.3) is 22.3 Å². The molecule has 1 aliphatic carbocycles. The number of benzene rings is 3. The average Bonchev–Trinajstić information content (AvgIpc) is 3.21. The van der Waals surface area contributed by atoms with Crippen LogP contribution < -0.4 is 9.47 Å². The van der Waals surface area contributed by atoms with Gasteiger partial charge in [-0.15, -0.1) is 0 Å². The zero-order valence-corrected chi connectivity index (χ0v) is 15.8. The van der Waals surface area contributed by atoms with E-state index in [0.29, 0.717) is 33.6 Å². The number of ketones is 2. The van der Waals surface area contributed by atoms with E-state index in [9.17, 15) is 9.59 Å². The monoisotopic (exact) mass is 384 g/mol. The first-order valence-electron chi connectivity index (χ1n) is 9.11. The van der Waals surface area contributed by atoms with E-state index in [0.717, 1.165) is 5.56 Å². The van der Waals surface area contributed by atoms with Crippen LogP contribution in [0.5, 0.6) is 11.5 Å². The highest BCUT2D eigenvalue weighted by Gasteiger charge is 2.38. The average molecular weight is 384 g/mol. The molecule has 0 amide bonds.